The van der Waals surface area contributed by atoms with Crippen molar-refractivity contribution in [2.75, 3.05) is 19.8 Å². The molecule has 0 saturated carbocycles. The quantitative estimate of drug-likeness (QED) is 0.321. The Morgan fingerprint density at radius 3 is 2.30 bits per heavy atom. The van der Waals surface area contributed by atoms with E-state index >= 15 is 0 Å². The molecule has 194 valence electrons. The van der Waals surface area contributed by atoms with Crippen LogP contribution in [0.2, 0.25) is 0 Å². The summed E-state index contributed by atoms with van der Waals surface area (Å²) in [6, 6.07) is 20.1. The molecule has 2 amide bonds. The van der Waals surface area contributed by atoms with Crippen molar-refractivity contribution < 1.29 is 28.6 Å². The maximum Gasteiger partial charge on any atom is 0.267 e. The first-order chi connectivity index (χ1) is 17.9. The molecular formula is C29H31FN2O5. The summed E-state index contributed by atoms with van der Waals surface area (Å²) < 4.78 is 25.0. The number of carbonyl (C=O) groups is 2. The maximum atomic E-state index is 13.7. The molecule has 7 nitrogen and oxygen atoms in total. The first-order valence-corrected chi connectivity index (χ1v) is 12.0. The average Bonchev–Trinajstić information content (AvgIpc) is 2.89. The fourth-order valence-corrected chi connectivity index (χ4v) is 3.38. The third-order valence-electron chi connectivity index (χ3n) is 5.17. The minimum Gasteiger partial charge on any atom is -0.493 e. The first-order valence-electron chi connectivity index (χ1n) is 12.0. The van der Waals surface area contributed by atoms with Crippen LogP contribution < -0.4 is 20.1 Å². The van der Waals surface area contributed by atoms with Crippen LogP contribution in [-0.2, 0) is 11.2 Å². The summed E-state index contributed by atoms with van der Waals surface area (Å²) in [4.78, 5) is 25.5. The van der Waals surface area contributed by atoms with Crippen molar-refractivity contribution in [3.63, 3.8) is 0 Å². The fourth-order valence-electron chi connectivity index (χ4n) is 3.38. The Bertz CT molecular complexity index is 1210. The number of rotatable bonds is 12. The van der Waals surface area contributed by atoms with Crippen LogP contribution in [0.4, 0.5) is 4.39 Å². The van der Waals surface area contributed by atoms with Gasteiger partial charge in [0.05, 0.1) is 19.3 Å². The van der Waals surface area contributed by atoms with Crippen molar-refractivity contribution in [1.82, 2.24) is 10.6 Å². The van der Waals surface area contributed by atoms with Crippen LogP contribution in [0.15, 0.2) is 78.5 Å². The third-order valence-corrected chi connectivity index (χ3v) is 5.17. The van der Waals surface area contributed by atoms with Gasteiger partial charge in [-0.15, -0.1) is 0 Å². The van der Waals surface area contributed by atoms with E-state index in [0.717, 1.165) is 0 Å². The predicted octanol–water partition coefficient (Wildman–Crippen LogP) is 4.11. The van der Waals surface area contributed by atoms with Gasteiger partial charge in [0, 0.05) is 18.5 Å². The topological polar surface area (TPSA) is 96.9 Å². The fraction of sp³-hybridized carbons (Fsp3) is 0.241. The SMILES string of the molecule is CC(C)Oc1ccc(C=C(NC(=O)c2ccc(OCCc3ccccc3F)cc2)C(=O)NCCO)cc1. The number of carbonyl (C=O) groups excluding carboxylic acids is 2. The Hall–Kier alpha value is -4.17. The molecular weight excluding hydrogens is 475 g/mol. The van der Waals surface area contributed by atoms with Crippen LogP contribution in [0, 0.1) is 5.82 Å². The molecule has 0 unspecified atom stereocenters. The summed E-state index contributed by atoms with van der Waals surface area (Å²) >= 11 is 0. The first kappa shape index (κ1) is 27.4. The highest BCUT2D eigenvalue weighted by Gasteiger charge is 2.15. The van der Waals surface area contributed by atoms with Crippen molar-refractivity contribution in [3.8, 4) is 11.5 Å². The lowest BCUT2D eigenvalue weighted by atomic mass is 10.1. The number of hydrogen-bond donors (Lipinski definition) is 3. The zero-order valence-electron chi connectivity index (χ0n) is 20.9. The van der Waals surface area contributed by atoms with Crippen molar-refractivity contribution in [2.24, 2.45) is 0 Å². The lowest BCUT2D eigenvalue weighted by Crippen LogP contribution is -2.36. The molecule has 3 N–H and O–H groups in total. The van der Waals surface area contributed by atoms with Crippen molar-refractivity contribution in [3.05, 3.63) is 101 Å². The lowest BCUT2D eigenvalue weighted by Gasteiger charge is -2.12. The van der Waals surface area contributed by atoms with E-state index in [-0.39, 0.29) is 37.4 Å². The number of ether oxygens (including phenoxy) is 2. The monoisotopic (exact) mass is 506 g/mol. The second kappa shape index (κ2) is 13.8. The summed E-state index contributed by atoms with van der Waals surface area (Å²) in [6.07, 6.45) is 1.99. The Kier molecular flexibility index (Phi) is 10.2. The molecule has 37 heavy (non-hydrogen) atoms. The van der Waals surface area contributed by atoms with Crippen molar-refractivity contribution in [2.45, 2.75) is 26.4 Å². The van der Waals surface area contributed by atoms with Gasteiger partial charge < -0.3 is 25.2 Å². The molecule has 0 saturated heterocycles. The number of benzene rings is 3. The minimum absolute atomic E-state index is 0.0289. The van der Waals surface area contributed by atoms with Crippen molar-refractivity contribution in [1.29, 1.82) is 0 Å². The second-order valence-corrected chi connectivity index (χ2v) is 8.44. The molecule has 8 heteroatoms. The molecule has 0 spiro atoms. The van der Waals surface area contributed by atoms with Gasteiger partial charge in [-0.05, 0) is 73.5 Å². The lowest BCUT2D eigenvalue weighted by molar-refractivity contribution is -0.117. The van der Waals surface area contributed by atoms with Crippen LogP contribution in [0.3, 0.4) is 0 Å². The Balaban J connectivity index is 1.65. The summed E-state index contributed by atoms with van der Waals surface area (Å²) in [6.45, 7) is 3.96. The van der Waals surface area contributed by atoms with Gasteiger partial charge in [0.15, 0.2) is 0 Å². The van der Waals surface area contributed by atoms with E-state index < -0.39 is 11.8 Å². The second-order valence-electron chi connectivity index (χ2n) is 8.44. The van der Waals surface area contributed by atoms with Crippen LogP contribution in [0.25, 0.3) is 6.08 Å². The number of halogens is 1. The maximum absolute atomic E-state index is 13.7. The highest BCUT2D eigenvalue weighted by Crippen LogP contribution is 2.17. The molecule has 0 bridgehead atoms. The van der Waals surface area contributed by atoms with E-state index in [1.165, 1.54) is 6.07 Å². The summed E-state index contributed by atoms with van der Waals surface area (Å²) in [5, 5.41) is 14.2. The van der Waals surface area contributed by atoms with Gasteiger partial charge in [-0.1, -0.05) is 30.3 Å². The Morgan fingerprint density at radius 1 is 0.973 bits per heavy atom. The molecule has 0 aliphatic heterocycles. The average molecular weight is 507 g/mol. The van der Waals surface area contributed by atoms with Crippen LogP contribution in [-0.4, -0.2) is 42.8 Å². The largest absolute Gasteiger partial charge is 0.493 e. The molecule has 3 aromatic carbocycles. The summed E-state index contributed by atoms with van der Waals surface area (Å²) in [5.41, 5.74) is 1.60. The van der Waals surface area contributed by atoms with E-state index in [1.807, 2.05) is 13.8 Å². The summed E-state index contributed by atoms with van der Waals surface area (Å²) in [7, 11) is 0. The molecule has 0 aliphatic rings. The number of aliphatic hydroxyl groups is 1. The van der Waals surface area contributed by atoms with E-state index in [1.54, 1.807) is 72.8 Å². The van der Waals surface area contributed by atoms with Gasteiger partial charge in [-0.3, -0.25) is 9.59 Å². The Labute approximate surface area is 215 Å². The molecule has 0 heterocycles. The molecule has 0 atom stereocenters. The van der Waals surface area contributed by atoms with Gasteiger partial charge in [0.2, 0.25) is 0 Å². The van der Waals surface area contributed by atoms with E-state index in [4.69, 9.17) is 14.6 Å². The molecule has 0 aromatic heterocycles. The van der Waals surface area contributed by atoms with Crippen LogP contribution in [0.5, 0.6) is 11.5 Å². The van der Waals surface area contributed by atoms with Gasteiger partial charge in [0.1, 0.15) is 23.0 Å². The highest BCUT2D eigenvalue weighted by atomic mass is 19.1. The number of amides is 2. The highest BCUT2D eigenvalue weighted by molar-refractivity contribution is 6.05. The molecule has 3 aromatic rings. The third kappa shape index (κ3) is 8.77. The zero-order chi connectivity index (χ0) is 26.6. The molecule has 0 radical (unpaired) electrons. The smallest absolute Gasteiger partial charge is 0.267 e. The minimum atomic E-state index is -0.530. The zero-order valence-corrected chi connectivity index (χ0v) is 20.9. The standard InChI is InChI=1S/C29H31FN2O5/c1-20(2)37-25-11-7-21(8-12-25)19-27(29(35)31-16-17-33)32-28(34)23-9-13-24(14-10-23)36-18-15-22-5-3-4-6-26(22)30/h3-14,19-20,33H,15-18H2,1-2H3,(H,31,35)(H,32,34). The van der Waals surface area contributed by atoms with E-state index in [2.05, 4.69) is 10.6 Å². The normalized spacial score (nSPS) is 11.2. The molecule has 0 fully saturated rings. The molecule has 0 aliphatic carbocycles. The number of aliphatic hydroxyl groups excluding tert-OH is 1. The summed E-state index contributed by atoms with van der Waals surface area (Å²) in [5.74, 6) is -0.0577. The van der Waals surface area contributed by atoms with Crippen molar-refractivity contribution >= 4 is 17.9 Å². The molecule has 3 rings (SSSR count). The van der Waals surface area contributed by atoms with Gasteiger partial charge in [-0.25, -0.2) is 4.39 Å². The van der Waals surface area contributed by atoms with Crippen LogP contribution in [0.1, 0.15) is 35.3 Å². The number of hydrogen-bond acceptors (Lipinski definition) is 5. The van der Waals surface area contributed by atoms with E-state index in [0.29, 0.717) is 34.6 Å². The van der Waals surface area contributed by atoms with Crippen LogP contribution >= 0.6 is 0 Å². The van der Waals surface area contributed by atoms with E-state index in [9.17, 15) is 14.0 Å². The Morgan fingerprint density at radius 2 is 1.65 bits per heavy atom. The van der Waals surface area contributed by atoms with Gasteiger partial charge in [-0.2, -0.15) is 0 Å². The predicted molar refractivity (Wildman–Crippen MR) is 140 cm³/mol. The number of nitrogens with one attached hydrogen (secondary N) is 2. The van der Waals surface area contributed by atoms with Gasteiger partial charge >= 0.3 is 0 Å². The van der Waals surface area contributed by atoms with Gasteiger partial charge in [0.25, 0.3) is 11.8 Å².